The summed E-state index contributed by atoms with van der Waals surface area (Å²) in [6.07, 6.45) is 0. The minimum Gasteiger partial charge on any atom is -0.493 e. The second-order valence-electron chi connectivity index (χ2n) is 3.70. The Kier molecular flexibility index (Phi) is 5.00. The average Bonchev–Trinajstić information content (AvgIpc) is 2.43. The van der Waals surface area contributed by atoms with Gasteiger partial charge in [0.2, 0.25) is 0 Å². The van der Waals surface area contributed by atoms with Crippen LogP contribution in [0.15, 0.2) is 17.0 Å². The molecule has 1 aromatic carbocycles. The Morgan fingerprint density at radius 3 is 2.40 bits per heavy atom. The SMILES string of the molecule is CC#CCS(=O)(=O)c1cc(OC)c(OC)c(C(=O)O)c1. The first-order chi connectivity index (χ1) is 9.37. The number of ether oxygens (including phenoxy) is 2. The molecule has 0 radical (unpaired) electrons. The first-order valence-corrected chi connectivity index (χ1v) is 7.14. The fourth-order valence-corrected chi connectivity index (χ4v) is 2.61. The van der Waals surface area contributed by atoms with Crippen molar-refractivity contribution in [2.24, 2.45) is 0 Å². The van der Waals surface area contributed by atoms with Gasteiger partial charge in [-0.3, -0.25) is 0 Å². The van der Waals surface area contributed by atoms with Crippen LogP contribution < -0.4 is 9.47 Å². The lowest BCUT2D eigenvalue weighted by Crippen LogP contribution is -2.09. The van der Waals surface area contributed by atoms with Crippen LogP contribution in [-0.2, 0) is 9.84 Å². The van der Waals surface area contributed by atoms with E-state index in [1.165, 1.54) is 27.2 Å². The maximum atomic E-state index is 12.0. The summed E-state index contributed by atoms with van der Waals surface area (Å²) in [6, 6.07) is 2.26. The molecule has 0 fully saturated rings. The van der Waals surface area contributed by atoms with E-state index in [1.54, 1.807) is 0 Å². The Morgan fingerprint density at radius 1 is 1.30 bits per heavy atom. The van der Waals surface area contributed by atoms with Crippen molar-refractivity contribution in [1.29, 1.82) is 0 Å². The first-order valence-electron chi connectivity index (χ1n) is 5.49. The Balaban J connectivity index is 3.54. The molecule has 0 aliphatic heterocycles. The maximum Gasteiger partial charge on any atom is 0.339 e. The molecule has 0 spiro atoms. The summed E-state index contributed by atoms with van der Waals surface area (Å²) in [7, 11) is -1.13. The summed E-state index contributed by atoms with van der Waals surface area (Å²) in [5.74, 6) is 3.24. The van der Waals surface area contributed by atoms with Crippen LogP contribution in [0.3, 0.4) is 0 Å². The van der Waals surface area contributed by atoms with Crippen molar-refractivity contribution >= 4 is 15.8 Å². The van der Waals surface area contributed by atoms with Crippen LogP contribution >= 0.6 is 0 Å². The Hall–Kier alpha value is -2.20. The van der Waals surface area contributed by atoms with Crippen LogP contribution in [0.25, 0.3) is 0 Å². The quantitative estimate of drug-likeness (QED) is 0.821. The highest BCUT2D eigenvalue weighted by molar-refractivity contribution is 7.91. The number of carboxylic acid groups (broad SMARTS) is 1. The number of hydrogen-bond donors (Lipinski definition) is 1. The van der Waals surface area contributed by atoms with Crippen LogP contribution in [-0.4, -0.2) is 39.5 Å². The lowest BCUT2D eigenvalue weighted by molar-refractivity contribution is 0.0692. The van der Waals surface area contributed by atoms with E-state index in [4.69, 9.17) is 14.6 Å². The van der Waals surface area contributed by atoms with Crippen molar-refractivity contribution in [2.75, 3.05) is 20.0 Å². The smallest absolute Gasteiger partial charge is 0.339 e. The van der Waals surface area contributed by atoms with Crippen molar-refractivity contribution in [3.8, 4) is 23.3 Å². The summed E-state index contributed by atoms with van der Waals surface area (Å²) in [5, 5.41) is 9.12. The molecule has 0 heterocycles. The van der Waals surface area contributed by atoms with Gasteiger partial charge in [-0.1, -0.05) is 5.92 Å². The van der Waals surface area contributed by atoms with Gasteiger partial charge in [0.05, 0.1) is 19.1 Å². The highest BCUT2D eigenvalue weighted by Crippen LogP contribution is 2.34. The van der Waals surface area contributed by atoms with E-state index in [0.717, 1.165) is 6.07 Å². The zero-order valence-electron chi connectivity index (χ0n) is 11.3. The summed E-state index contributed by atoms with van der Waals surface area (Å²) in [5.41, 5.74) is -0.283. The van der Waals surface area contributed by atoms with Gasteiger partial charge in [0.25, 0.3) is 0 Å². The molecule has 7 heteroatoms. The molecule has 108 valence electrons. The van der Waals surface area contributed by atoms with Crippen molar-refractivity contribution in [2.45, 2.75) is 11.8 Å². The van der Waals surface area contributed by atoms with Crippen LogP contribution in [0.1, 0.15) is 17.3 Å². The monoisotopic (exact) mass is 298 g/mol. The van der Waals surface area contributed by atoms with Crippen molar-refractivity contribution in [1.82, 2.24) is 0 Å². The number of carbonyl (C=O) groups is 1. The fourth-order valence-electron chi connectivity index (χ4n) is 1.53. The number of benzene rings is 1. The minimum atomic E-state index is -3.71. The molecule has 20 heavy (non-hydrogen) atoms. The molecule has 0 unspecified atom stereocenters. The predicted molar refractivity (Wildman–Crippen MR) is 72.0 cm³/mol. The molecule has 6 nitrogen and oxygen atoms in total. The molecule has 1 rings (SSSR count). The zero-order chi connectivity index (χ0) is 15.3. The predicted octanol–water partition coefficient (Wildman–Crippen LogP) is 1.20. The van der Waals surface area contributed by atoms with E-state index >= 15 is 0 Å². The molecule has 0 amide bonds. The Labute approximate surface area is 117 Å². The van der Waals surface area contributed by atoms with Crippen molar-refractivity contribution < 1.29 is 27.8 Å². The minimum absolute atomic E-state index is 0.0273. The molecule has 1 aromatic rings. The maximum absolute atomic E-state index is 12.0. The van der Waals surface area contributed by atoms with Crippen molar-refractivity contribution in [3.05, 3.63) is 17.7 Å². The average molecular weight is 298 g/mol. The van der Waals surface area contributed by atoms with Gasteiger partial charge in [0.15, 0.2) is 21.3 Å². The van der Waals surface area contributed by atoms with Gasteiger partial charge in [0, 0.05) is 6.07 Å². The lowest BCUT2D eigenvalue weighted by atomic mass is 10.2. The van der Waals surface area contributed by atoms with Gasteiger partial charge in [-0.25, -0.2) is 13.2 Å². The van der Waals surface area contributed by atoms with Gasteiger partial charge in [-0.05, 0) is 13.0 Å². The van der Waals surface area contributed by atoms with Crippen molar-refractivity contribution in [3.63, 3.8) is 0 Å². The highest BCUT2D eigenvalue weighted by atomic mass is 32.2. The number of hydrogen-bond acceptors (Lipinski definition) is 5. The third kappa shape index (κ3) is 3.22. The van der Waals surface area contributed by atoms with Gasteiger partial charge >= 0.3 is 5.97 Å². The van der Waals surface area contributed by atoms with Crippen LogP contribution in [0, 0.1) is 11.8 Å². The van der Waals surface area contributed by atoms with Crippen LogP contribution in [0.2, 0.25) is 0 Å². The number of methoxy groups -OCH3 is 2. The second kappa shape index (κ2) is 6.30. The molecular formula is C13H14O6S. The second-order valence-corrected chi connectivity index (χ2v) is 5.69. The molecule has 1 N–H and O–H groups in total. The lowest BCUT2D eigenvalue weighted by Gasteiger charge is -2.12. The number of aromatic carboxylic acids is 1. The molecular weight excluding hydrogens is 284 g/mol. The third-order valence-corrected chi connectivity index (χ3v) is 3.96. The molecule has 0 aliphatic rings. The van der Waals surface area contributed by atoms with E-state index in [2.05, 4.69) is 11.8 Å². The Bertz CT molecular complexity index is 679. The fraction of sp³-hybridized carbons (Fsp3) is 0.308. The van der Waals surface area contributed by atoms with E-state index in [9.17, 15) is 13.2 Å². The molecule has 0 bridgehead atoms. The molecule has 0 saturated carbocycles. The summed E-state index contributed by atoms with van der Waals surface area (Å²) < 4.78 is 34.0. The van der Waals surface area contributed by atoms with Gasteiger partial charge < -0.3 is 14.6 Å². The first kappa shape index (κ1) is 15.9. The molecule has 0 saturated heterocycles. The van der Waals surface area contributed by atoms with Gasteiger partial charge in [0.1, 0.15) is 11.3 Å². The standard InChI is InChI=1S/C13H14O6S/c1-4-5-6-20(16,17)9-7-10(13(14)15)12(19-3)11(8-9)18-2/h7-8H,6H2,1-3H3,(H,14,15). The van der Waals surface area contributed by atoms with E-state index in [-0.39, 0.29) is 22.0 Å². The summed E-state index contributed by atoms with van der Waals surface area (Å²) in [6.45, 7) is 1.52. The van der Waals surface area contributed by atoms with E-state index < -0.39 is 21.6 Å². The molecule has 0 aliphatic carbocycles. The van der Waals surface area contributed by atoms with Gasteiger partial charge in [-0.15, -0.1) is 5.92 Å². The summed E-state index contributed by atoms with van der Waals surface area (Å²) >= 11 is 0. The van der Waals surface area contributed by atoms with Gasteiger partial charge in [-0.2, -0.15) is 0 Å². The molecule has 0 aromatic heterocycles. The zero-order valence-corrected chi connectivity index (χ0v) is 12.1. The largest absolute Gasteiger partial charge is 0.493 e. The highest BCUT2D eigenvalue weighted by Gasteiger charge is 2.23. The van der Waals surface area contributed by atoms with E-state index in [1.807, 2.05) is 0 Å². The topological polar surface area (TPSA) is 89.9 Å². The summed E-state index contributed by atoms with van der Waals surface area (Å²) in [4.78, 5) is 11.0. The Morgan fingerprint density at radius 2 is 1.95 bits per heavy atom. The van der Waals surface area contributed by atoms with E-state index in [0.29, 0.717) is 0 Å². The van der Waals surface area contributed by atoms with Crippen LogP contribution in [0.5, 0.6) is 11.5 Å². The molecule has 0 atom stereocenters. The third-order valence-electron chi connectivity index (χ3n) is 2.48. The number of carboxylic acids is 1. The normalized spacial score (nSPS) is 10.3. The van der Waals surface area contributed by atoms with Crippen LogP contribution in [0.4, 0.5) is 0 Å². The number of sulfone groups is 1. The number of rotatable bonds is 5.